The van der Waals surface area contributed by atoms with Crippen molar-refractivity contribution in [2.45, 2.75) is 26.2 Å². The molecule has 0 spiro atoms. The summed E-state index contributed by atoms with van der Waals surface area (Å²) in [5.74, 6) is 0. The zero-order valence-electron chi connectivity index (χ0n) is 9.79. The van der Waals surface area contributed by atoms with Crippen molar-refractivity contribution in [3.8, 4) is 0 Å². The van der Waals surface area contributed by atoms with Crippen LogP contribution in [0, 0.1) is 13.8 Å². The van der Waals surface area contributed by atoms with Crippen LogP contribution in [0.1, 0.15) is 30.7 Å². The summed E-state index contributed by atoms with van der Waals surface area (Å²) in [6.45, 7) is 8.30. The maximum absolute atomic E-state index is 4.29. The molecule has 15 heavy (non-hydrogen) atoms. The van der Waals surface area contributed by atoms with E-state index in [0.717, 1.165) is 11.4 Å². The Hall–Kier alpha value is -0.583. The smallest absolute Gasteiger partial charge is 0.387 e. The van der Waals surface area contributed by atoms with Crippen LogP contribution in [0.15, 0.2) is 12.1 Å². The Bertz CT molecular complexity index is 299. The summed E-state index contributed by atoms with van der Waals surface area (Å²) in [5.41, 5.74) is 3.24. The summed E-state index contributed by atoms with van der Waals surface area (Å²) >= 11 is 0. The van der Waals surface area contributed by atoms with Crippen molar-refractivity contribution in [1.82, 2.24) is 4.98 Å². The molecule has 0 radical (unpaired) electrons. The summed E-state index contributed by atoms with van der Waals surface area (Å²) in [7, 11) is 0. The van der Waals surface area contributed by atoms with Gasteiger partial charge >= 0.3 is 18.9 Å². The molecule has 3 heteroatoms. The van der Waals surface area contributed by atoms with Crippen molar-refractivity contribution >= 4 is 5.69 Å². The molecule has 1 saturated heterocycles. The van der Waals surface area contributed by atoms with E-state index in [9.17, 15) is 0 Å². The molecular formula is C12H17LiN2. The normalized spacial score (nSPS) is 15.9. The monoisotopic (exact) mass is 196 g/mol. The van der Waals surface area contributed by atoms with Crippen molar-refractivity contribution < 1.29 is 18.9 Å². The summed E-state index contributed by atoms with van der Waals surface area (Å²) in [6.07, 6.45) is 4.00. The fourth-order valence-corrected chi connectivity index (χ4v) is 2.05. The van der Waals surface area contributed by atoms with Gasteiger partial charge in [-0.15, -0.1) is 5.69 Å². The SMILES string of the molecule is [CH2-]c1cc(N2CCCCC2)cc(C)n1.[Li+]. The molecular weight excluding hydrogens is 179 g/mol. The molecule has 0 unspecified atom stereocenters. The Morgan fingerprint density at radius 1 is 1.20 bits per heavy atom. The number of piperidine rings is 1. The minimum absolute atomic E-state index is 0. The molecule has 0 saturated carbocycles. The summed E-state index contributed by atoms with van der Waals surface area (Å²) in [6, 6.07) is 4.23. The first-order chi connectivity index (χ1) is 6.75. The maximum Gasteiger partial charge on any atom is 1.00 e. The first kappa shape index (κ1) is 12.5. The van der Waals surface area contributed by atoms with E-state index < -0.39 is 0 Å². The summed E-state index contributed by atoms with van der Waals surface area (Å²) in [4.78, 5) is 6.73. The van der Waals surface area contributed by atoms with Gasteiger partial charge in [0.2, 0.25) is 0 Å². The molecule has 2 rings (SSSR count). The first-order valence-corrected chi connectivity index (χ1v) is 5.31. The molecule has 0 atom stereocenters. The number of nitrogens with zero attached hydrogens (tertiary/aromatic N) is 2. The Kier molecular flexibility index (Phi) is 4.57. The predicted molar refractivity (Wildman–Crippen MR) is 59.5 cm³/mol. The van der Waals surface area contributed by atoms with Crippen LogP contribution in [0.5, 0.6) is 0 Å². The largest absolute Gasteiger partial charge is 1.00 e. The minimum Gasteiger partial charge on any atom is -0.387 e. The van der Waals surface area contributed by atoms with Crippen molar-refractivity contribution in [2.75, 3.05) is 18.0 Å². The van der Waals surface area contributed by atoms with Crippen LogP contribution in [-0.2, 0) is 0 Å². The molecule has 0 bridgehead atoms. The summed E-state index contributed by atoms with van der Waals surface area (Å²) < 4.78 is 0. The van der Waals surface area contributed by atoms with Crippen LogP contribution >= 0.6 is 0 Å². The van der Waals surface area contributed by atoms with Crippen LogP contribution in [0.3, 0.4) is 0 Å². The van der Waals surface area contributed by atoms with E-state index in [4.69, 9.17) is 0 Å². The first-order valence-electron chi connectivity index (χ1n) is 5.31. The standard InChI is InChI=1S/C12H17N2.Li/c1-10-8-12(9-11(2)13-10)14-6-4-3-5-7-14;/h8-9H,1,3-7H2,2H3;/q-1;+1. The van der Waals surface area contributed by atoms with Crippen molar-refractivity contribution in [2.24, 2.45) is 0 Å². The van der Waals surface area contributed by atoms with Gasteiger partial charge in [0.15, 0.2) is 0 Å². The number of hydrogen-bond donors (Lipinski definition) is 0. The predicted octanol–water partition coefficient (Wildman–Crippen LogP) is -0.433. The van der Waals surface area contributed by atoms with Gasteiger partial charge in [-0.05, 0) is 37.9 Å². The second-order valence-electron chi connectivity index (χ2n) is 4.01. The van der Waals surface area contributed by atoms with Crippen LogP contribution in [0.25, 0.3) is 0 Å². The number of hydrogen-bond acceptors (Lipinski definition) is 2. The van der Waals surface area contributed by atoms with E-state index in [1.54, 1.807) is 0 Å². The van der Waals surface area contributed by atoms with E-state index in [2.05, 4.69) is 28.9 Å². The average Bonchev–Trinajstić information content (AvgIpc) is 2.18. The third-order valence-electron chi connectivity index (χ3n) is 2.71. The molecule has 1 aliphatic rings. The van der Waals surface area contributed by atoms with Crippen LogP contribution in [0.4, 0.5) is 5.69 Å². The molecule has 0 aromatic carbocycles. The van der Waals surface area contributed by atoms with Gasteiger partial charge in [0.05, 0.1) is 0 Å². The van der Waals surface area contributed by atoms with Crippen molar-refractivity contribution in [1.29, 1.82) is 0 Å². The topological polar surface area (TPSA) is 16.1 Å². The third-order valence-corrected chi connectivity index (χ3v) is 2.71. The van der Waals surface area contributed by atoms with E-state index in [1.165, 1.54) is 38.0 Å². The Balaban J connectivity index is 0.00000112. The van der Waals surface area contributed by atoms with E-state index in [0.29, 0.717) is 0 Å². The third kappa shape index (κ3) is 3.19. The molecule has 1 aliphatic heterocycles. The van der Waals surface area contributed by atoms with Gasteiger partial charge in [0.25, 0.3) is 0 Å². The Morgan fingerprint density at radius 3 is 2.47 bits per heavy atom. The second-order valence-corrected chi connectivity index (χ2v) is 4.01. The Morgan fingerprint density at radius 2 is 1.87 bits per heavy atom. The van der Waals surface area contributed by atoms with Gasteiger partial charge in [-0.2, -0.15) is 6.07 Å². The van der Waals surface area contributed by atoms with E-state index in [-0.39, 0.29) is 18.9 Å². The number of pyridine rings is 1. The molecule has 1 aromatic rings. The molecule has 1 aromatic heterocycles. The molecule has 1 fully saturated rings. The van der Waals surface area contributed by atoms with Crippen molar-refractivity contribution in [3.63, 3.8) is 0 Å². The maximum atomic E-state index is 4.29. The van der Waals surface area contributed by atoms with Gasteiger partial charge < -0.3 is 4.90 Å². The fourth-order valence-electron chi connectivity index (χ4n) is 2.05. The summed E-state index contributed by atoms with van der Waals surface area (Å²) in [5, 5.41) is 0. The van der Waals surface area contributed by atoms with E-state index in [1.807, 2.05) is 6.92 Å². The number of anilines is 1. The van der Waals surface area contributed by atoms with Gasteiger partial charge in [-0.25, -0.2) is 6.92 Å². The average molecular weight is 196 g/mol. The van der Waals surface area contributed by atoms with Gasteiger partial charge in [0, 0.05) is 18.8 Å². The van der Waals surface area contributed by atoms with Gasteiger partial charge in [-0.1, -0.05) is 0 Å². The molecule has 2 nitrogen and oxygen atoms in total. The van der Waals surface area contributed by atoms with E-state index >= 15 is 0 Å². The quantitative estimate of drug-likeness (QED) is 0.447. The van der Waals surface area contributed by atoms with Crippen LogP contribution in [-0.4, -0.2) is 18.1 Å². The molecule has 76 valence electrons. The number of rotatable bonds is 1. The minimum atomic E-state index is 0. The number of aromatic nitrogens is 1. The second kappa shape index (κ2) is 5.49. The molecule has 2 heterocycles. The van der Waals surface area contributed by atoms with Gasteiger partial charge in [0.1, 0.15) is 0 Å². The number of aryl methyl sites for hydroxylation is 1. The Labute approximate surface area is 104 Å². The molecule has 0 aliphatic carbocycles. The molecule has 0 amide bonds. The van der Waals surface area contributed by atoms with Crippen LogP contribution in [0.2, 0.25) is 0 Å². The van der Waals surface area contributed by atoms with Crippen LogP contribution < -0.4 is 23.8 Å². The molecule has 0 N–H and O–H groups in total. The van der Waals surface area contributed by atoms with Crippen molar-refractivity contribution in [3.05, 3.63) is 30.4 Å². The zero-order chi connectivity index (χ0) is 9.97. The van der Waals surface area contributed by atoms with Gasteiger partial charge in [-0.3, -0.25) is 4.98 Å². The fraction of sp³-hybridized carbons (Fsp3) is 0.500. The zero-order valence-corrected chi connectivity index (χ0v) is 9.79.